The zero-order chi connectivity index (χ0) is 22.2. The number of carbonyl (C=O) groups is 3. The summed E-state index contributed by atoms with van der Waals surface area (Å²) in [4.78, 5) is 36.6. The number of amides is 2. The second-order valence-corrected chi connectivity index (χ2v) is 7.05. The third kappa shape index (κ3) is 12.0. The number of unbranched alkanes of at least 4 members (excludes halogenated alkanes) is 3. The number of carbonyl (C=O) groups excluding carboxylic acids is 3. The van der Waals surface area contributed by atoms with E-state index in [4.69, 9.17) is 0 Å². The van der Waals surface area contributed by atoms with Crippen molar-refractivity contribution in [1.82, 2.24) is 9.96 Å². The molecule has 30 heavy (non-hydrogen) atoms. The van der Waals surface area contributed by atoms with Crippen molar-refractivity contribution in [3.8, 4) is 0 Å². The minimum atomic E-state index is -0.648. The minimum absolute atomic E-state index is 0.0408. The van der Waals surface area contributed by atoms with Crippen LogP contribution in [0.25, 0.3) is 0 Å². The van der Waals surface area contributed by atoms with Crippen LogP contribution in [0.1, 0.15) is 38.5 Å². The molecule has 0 fully saturated rings. The van der Waals surface area contributed by atoms with E-state index in [1.54, 1.807) is 0 Å². The summed E-state index contributed by atoms with van der Waals surface area (Å²) >= 11 is 0. The lowest BCUT2D eigenvalue weighted by atomic mass is 10.1. The van der Waals surface area contributed by atoms with E-state index in [0.29, 0.717) is 17.9 Å². The van der Waals surface area contributed by atoms with Gasteiger partial charge in [0, 0.05) is 30.8 Å². The molecule has 0 spiro atoms. The van der Waals surface area contributed by atoms with Crippen LogP contribution in [0.15, 0.2) is 42.5 Å². The SMILES string of the molecule is COC(=O)/C=C/C(=O)N(O)CCCCN(C)CCCCCC(=O)Nc1ccccc1. The molecule has 8 nitrogen and oxygen atoms in total. The quantitative estimate of drug-likeness (QED) is 0.158. The Morgan fingerprint density at radius 2 is 1.60 bits per heavy atom. The Kier molecular flexibility index (Phi) is 12.8. The molecular weight excluding hydrogens is 386 g/mol. The highest BCUT2D eigenvalue weighted by molar-refractivity contribution is 5.94. The topological polar surface area (TPSA) is 99.2 Å². The van der Waals surface area contributed by atoms with Crippen molar-refractivity contribution in [2.75, 3.05) is 39.1 Å². The smallest absolute Gasteiger partial charge is 0.330 e. The molecule has 0 saturated heterocycles. The van der Waals surface area contributed by atoms with Gasteiger partial charge in [0.1, 0.15) is 0 Å². The van der Waals surface area contributed by atoms with E-state index in [-0.39, 0.29) is 12.5 Å². The summed E-state index contributed by atoms with van der Waals surface area (Å²) in [7, 11) is 3.25. The van der Waals surface area contributed by atoms with Gasteiger partial charge in [-0.15, -0.1) is 0 Å². The van der Waals surface area contributed by atoms with Crippen molar-refractivity contribution < 1.29 is 24.3 Å². The second-order valence-electron chi connectivity index (χ2n) is 7.05. The first kappa shape index (κ1) is 25.3. The van der Waals surface area contributed by atoms with Gasteiger partial charge in [0.2, 0.25) is 5.91 Å². The number of hydrogen-bond acceptors (Lipinski definition) is 6. The molecule has 0 heterocycles. The number of hydrogen-bond donors (Lipinski definition) is 2. The molecule has 8 heteroatoms. The van der Waals surface area contributed by atoms with E-state index in [9.17, 15) is 19.6 Å². The maximum absolute atomic E-state index is 11.9. The number of hydroxylamine groups is 2. The number of ether oxygens (including phenoxy) is 1. The van der Waals surface area contributed by atoms with Gasteiger partial charge in [0.15, 0.2) is 0 Å². The van der Waals surface area contributed by atoms with Crippen molar-refractivity contribution in [2.24, 2.45) is 0 Å². The molecule has 1 aromatic carbocycles. The summed E-state index contributed by atoms with van der Waals surface area (Å²) < 4.78 is 4.38. The molecule has 1 aromatic rings. The highest BCUT2D eigenvalue weighted by atomic mass is 16.5. The van der Waals surface area contributed by atoms with Crippen LogP contribution in [-0.2, 0) is 19.1 Å². The molecule has 1 rings (SSSR count). The van der Waals surface area contributed by atoms with Gasteiger partial charge in [0.05, 0.1) is 7.11 Å². The van der Waals surface area contributed by atoms with Gasteiger partial charge in [-0.1, -0.05) is 24.6 Å². The lowest BCUT2D eigenvalue weighted by Crippen LogP contribution is -2.28. The molecule has 0 aliphatic heterocycles. The normalized spacial score (nSPS) is 10.9. The van der Waals surface area contributed by atoms with Crippen molar-refractivity contribution in [1.29, 1.82) is 0 Å². The molecule has 0 bridgehead atoms. The highest BCUT2D eigenvalue weighted by Gasteiger charge is 2.08. The highest BCUT2D eigenvalue weighted by Crippen LogP contribution is 2.08. The van der Waals surface area contributed by atoms with Crippen molar-refractivity contribution in [3.05, 3.63) is 42.5 Å². The molecule has 166 valence electrons. The predicted molar refractivity (Wildman–Crippen MR) is 115 cm³/mol. The molecule has 0 aromatic heterocycles. The number of para-hydroxylation sites is 1. The van der Waals surface area contributed by atoms with Crippen LogP contribution >= 0.6 is 0 Å². The van der Waals surface area contributed by atoms with E-state index in [1.807, 2.05) is 37.4 Å². The van der Waals surface area contributed by atoms with E-state index >= 15 is 0 Å². The molecule has 0 unspecified atom stereocenters. The summed E-state index contributed by atoms with van der Waals surface area (Å²) in [6, 6.07) is 9.44. The fourth-order valence-corrected chi connectivity index (χ4v) is 2.75. The Labute approximate surface area is 178 Å². The van der Waals surface area contributed by atoms with Gasteiger partial charge in [-0.3, -0.25) is 14.8 Å². The zero-order valence-corrected chi connectivity index (χ0v) is 17.9. The van der Waals surface area contributed by atoms with Crippen molar-refractivity contribution >= 4 is 23.5 Å². The summed E-state index contributed by atoms with van der Waals surface area (Å²) in [5.74, 6) is -1.25. The minimum Gasteiger partial charge on any atom is -0.466 e. The van der Waals surface area contributed by atoms with Crippen LogP contribution in [0.5, 0.6) is 0 Å². The van der Waals surface area contributed by atoms with Crippen LogP contribution in [0.2, 0.25) is 0 Å². The number of nitrogens with one attached hydrogen (secondary N) is 1. The number of rotatable bonds is 14. The molecule has 2 amide bonds. The first-order valence-electron chi connectivity index (χ1n) is 10.2. The summed E-state index contributed by atoms with van der Waals surface area (Å²) in [6.45, 7) is 1.99. The van der Waals surface area contributed by atoms with Gasteiger partial charge in [-0.05, 0) is 58.0 Å². The third-order valence-corrected chi connectivity index (χ3v) is 4.48. The Balaban J connectivity index is 2.03. The largest absolute Gasteiger partial charge is 0.466 e. The Hall–Kier alpha value is -2.71. The average Bonchev–Trinajstić information content (AvgIpc) is 2.74. The average molecular weight is 420 g/mol. The van der Waals surface area contributed by atoms with Crippen molar-refractivity contribution in [3.63, 3.8) is 0 Å². The standard InChI is InChI=1S/C22H33N3O5/c1-24(17-9-10-18-25(29)21(27)14-15-22(28)30-2)16-8-4-7-13-20(26)23-19-11-5-3-6-12-19/h3,5-6,11-12,14-15,29H,4,7-10,13,16-18H2,1-2H3,(H,23,26)/b15-14+. The number of esters is 1. The fraction of sp³-hybridized carbons (Fsp3) is 0.500. The van der Waals surface area contributed by atoms with E-state index < -0.39 is 11.9 Å². The zero-order valence-electron chi connectivity index (χ0n) is 17.9. The predicted octanol–water partition coefficient (Wildman–Crippen LogP) is 2.84. The van der Waals surface area contributed by atoms with Crippen LogP contribution in [-0.4, -0.2) is 66.7 Å². The summed E-state index contributed by atoms with van der Waals surface area (Å²) in [5.41, 5.74) is 0.824. The monoisotopic (exact) mass is 419 g/mol. The number of benzene rings is 1. The molecule has 0 aliphatic carbocycles. The summed E-state index contributed by atoms with van der Waals surface area (Å²) in [6.07, 6.45) is 6.81. The number of methoxy groups -OCH3 is 1. The van der Waals surface area contributed by atoms with Crippen LogP contribution < -0.4 is 5.32 Å². The van der Waals surface area contributed by atoms with Crippen LogP contribution in [0.4, 0.5) is 5.69 Å². The van der Waals surface area contributed by atoms with Crippen molar-refractivity contribution in [2.45, 2.75) is 38.5 Å². The molecule has 0 atom stereocenters. The van der Waals surface area contributed by atoms with Gasteiger partial charge in [-0.25, -0.2) is 9.86 Å². The van der Waals surface area contributed by atoms with E-state index in [1.165, 1.54) is 7.11 Å². The summed E-state index contributed by atoms with van der Waals surface area (Å²) in [5, 5.41) is 13.1. The Bertz CT molecular complexity index is 679. The van der Waals surface area contributed by atoms with Gasteiger partial charge in [0.25, 0.3) is 5.91 Å². The van der Waals surface area contributed by atoms with Crippen LogP contribution in [0, 0.1) is 0 Å². The fourth-order valence-electron chi connectivity index (χ4n) is 2.75. The molecule has 0 aliphatic rings. The number of nitrogens with zero attached hydrogens (tertiary/aromatic N) is 2. The van der Waals surface area contributed by atoms with Gasteiger partial charge < -0.3 is 15.0 Å². The first-order valence-corrected chi connectivity index (χ1v) is 10.2. The van der Waals surface area contributed by atoms with Gasteiger partial charge >= 0.3 is 5.97 Å². The maximum Gasteiger partial charge on any atom is 0.330 e. The molecule has 2 N–H and O–H groups in total. The second kappa shape index (κ2) is 15.2. The molecule has 0 saturated carbocycles. The van der Waals surface area contributed by atoms with Crippen LogP contribution in [0.3, 0.4) is 0 Å². The van der Waals surface area contributed by atoms with E-state index in [0.717, 1.165) is 56.6 Å². The lowest BCUT2D eigenvalue weighted by Gasteiger charge is -2.17. The third-order valence-electron chi connectivity index (χ3n) is 4.48. The van der Waals surface area contributed by atoms with E-state index in [2.05, 4.69) is 15.0 Å². The molecular formula is C22H33N3O5. The Morgan fingerprint density at radius 1 is 0.967 bits per heavy atom. The number of anilines is 1. The van der Waals surface area contributed by atoms with Gasteiger partial charge in [-0.2, -0.15) is 0 Å². The first-order chi connectivity index (χ1) is 14.4. The molecule has 0 radical (unpaired) electrons. The maximum atomic E-state index is 11.9. The Morgan fingerprint density at radius 3 is 2.27 bits per heavy atom. The lowest BCUT2D eigenvalue weighted by molar-refractivity contribution is -0.159.